The van der Waals surface area contributed by atoms with Gasteiger partial charge in [0.25, 0.3) is 5.56 Å². The maximum absolute atomic E-state index is 12.6. The van der Waals surface area contributed by atoms with Gasteiger partial charge in [0, 0.05) is 7.05 Å². The number of rotatable bonds is 5. The van der Waals surface area contributed by atoms with E-state index in [-0.39, 0.29) is 29.3 Å². The van der Waals surface area contributed by atoms with Gasteiger partial charge < -0.3 is 4.74 Å². The topological polar surface area (TPSA) is 113 Å². The van der Waals surface area contributed by atoms with Crippen LogP contribution >= 0.6 is 11.3 Å². The number of fused-ring (bicyclic) bond motifs is 3. The quantitative estimate of drug-likeness (QED) is 0.424. The largest absolute Gasteiger partial charge is 0.454 e. The van der Waals surface area contributed by atoms with Gasteiger partial charge in [-0.2, -0.15) is 8.78 Å². The Hall–Kier alpha value is -3.19. The Morgan fingerprint density at radius 2 is 1.90 bits per heavy atom. The Bertz CT molecular complexity index is 1440. The second-order valence-electron chi connectivity index (χ2n) is 6.16. The fraction of sp³-hybridized carbons (Fsp3) is 0.176. The first kappa shape index (κ1) is 20.1. The Balaban J connectivity index is 1.59. The highest BCUT2D eigenvalue weighted by atomic mass is 32.2. The van der Waals surface area contributed by atoms with Crippen LogP contribution in [-0.2, 0) is 28.2 Å². The van der Waals surface area contributed by atoms with Gasteiger partial charge >= 0.3 is 11.7 Å². The summed E-state index contributed by atoms with van der Waals surface area (Å²) in [5, 5.41) is 9.69. The van der Waals surface area contributed by atoms with Gasteiger partial charge in [-0.25, -0.2) is 13.2 Å². The van der Waals surface area contributed by atoms with Gasteiger partial charge in [-0.15, -0.1) is 21.5 Å². The summed E-state index contributed by atoms with van der Waals surface area (Å²) in [6.07, 6.45) is 0. The number of alkyl halides is 2. The van der Waals surface area contributed by atoms with Crippen LogP contribution in [0.4, 0.5) is 8.78 Å². The summed E-state index contributed by atoms with van der Waals surface area (Å²) in [4.78, 5) is 24.0. The molecule has 0 aliphatic carbocycles. The van der Waals surface area contributed by atoms with E-state index in [9.17, 15) is 26.8 Å². The number of thiophene rings is 1. The van der Waals surface area contributed by atoms with E-state index in [1.807, 2.05) is 0 Å². The highest BCUT2D eigenvalue weighted by Crippen LogP contribution is 2.21. The van der Waals surface area contributed by atoms with Crippen LogP contribution in [0.3, 0.4) is 0 Å². The third-order valence-corrected chi connectivity index (χ3v) is 6.67. The summed E-state index contributed by atoms with van der Waals surface area (Å²) in [6, 6.07) is 5.72. The SMILES string of the molecule is Cn1c(=O)c2sccc2n2c(COC(=O)c3ccc(S(=O)(=O)C(F)F)cc3)nnc12. The predicted octanol–water partition coefficient (Wildman–Crippen LogP) is 2.00. The van der Waals surface area contributed by atoms with E-state index in [0.29, 0.717) is 10.2 Å². The third-order valence-electron chi connectivity index (χ3n) is 4.38. The maximum atomic E-state index is 12.6. The third kappa shape index (κ3) is 3.15. The summed E-state index contributed by atoms with van der Waals surface area (Å²) >= 11 is 1.26. The fourth-order valence-electron chi connectivity index (χ4n) is 2.84. The number of nitrogens with zero attached hydrogens (tertiary/aromatic N) is 4. The number of esters is 1. The van der Waals surface area contributed by atoms with Crippen molar-refractivity contribution in [3.63, 3.8) is 0 Å². The molecule has 0 saturated heterocycles. The van der Waals surface area contributed by atoms with E-state index < -0.39 is 26.5 Å². The minimum absolute atomic E-state index is 0.0230. The summed E-state index contributed by atoms with van der Waals surface area (Å²) in [6.45, 7) is -0.278. The van der Waals surface area contributed by atoms with Crippen LogP contribution in [0.2, 0.25) is 0 Å². The lowest BCUT2D eigenvalue weighted by atomic mass is 10.2. The summed E-state index contributed by atoms with van der Waals surface area (Å²) in [5.74, 6) is -3.81. The van der Waals surface area contributed by atoms with Crippen molar-refractivity contribution in [3.05, 3.63) is 57.5 Å². The summed E-state index contributed by atoms with van der Waals surface area (Å²) < 4.78 is 56.7. The second kappa shape index (κ2) is 7.25. The average molecular weight is 454 g/mol. The number of aryl methyl sites for hydroxylation is 1. The highest BCUT2D eigenvalue weighted by Gasteiger charge is 2.26. The van der Waals surface area contributed by atoms with Crippen LogP contribution < -0.4 is 5.56 Å². The van der Waals surface area contributed by atoms with E-state index in [2.05, 4.69) is 10.2 Å². The number of hydrogen-bond donors (Lipinski definition) is 0. The van der Waals surface area contributed by atoms with E-state index in [0.717, 1.165) is 24.3 Å². The van der Waals surface area contributed by atoms with Crippen LogP contribution in [0.25, 0.3) is 16.0 Å². The first-order chi connectivity index (χ1) is 14.2. The average Bonchev–Trinajstić information content (AvgIpc) is 3.37. The number of ether oxygens (including phenoxy) is 1. The van der Waals surface area contributed by atoms with E-state index in [4.69, 9.17) is 4.74 Å². The summed E-state index contributed by atoms with van der Waals surface area (Å²) in [5.41, 5.74) is 0.336. The van der Waals surface area contributed by atoms with Crippen molar-refractivity contribution in [2.45, 2.75) is 17.3 Å². The van der Waals surface area contributed by atoms with Crippen molar-refractivity contribution in [2.75, 3.05) is 0 Å². The van der Waals surface area contributed by atoms with Crippen LogP contribution in [0, 0.1) is 0 Å². The van der Waals surface area contributed by atoms with Crippen molar-refractivity contribution < 1.29 is 26.7 Å². The molecule has 4 rings (SSSR count). The van der Waals surface area contributed by atoms with Gasteiger partial charge in [0.1, 0.15) is 4.70 Å². The molecule has 156 valence electrons. The molecule has 0 aliphatic heterocycles. The van der Waals surface area contributed by atoms with E-state index >= 15 is 0 Å². The lowest BCUT2D eigenvalue weighted by Gasteiger charge is -2.07. The van der Waals surface area contributed by atoms with Gasteiger partial charge in [0.2, 0.25) is 15.6 Å². The van der Waals surface area contributed by atoms with Crippen molar-refractivity contribution in [2.24, 2.45) is 7.05 Å². The predicted molar refractivity (Wildman–Crippen MR) is 102 cm³/mol. The molecule has 0 fully saturated rings. The molecular weight excluding hydrogens is 442 g/mol. The first-order valence-electron chi connectivity index (χ1n) is 8.31. The number of benzene rings is 1. The minimum atomic E-state index is -4.75. The van der Waals surface area contributed by atoms with Crippen LogP contribution in [0.15, 0.2) is 45.4 Å². The van der Waals surface area contributed by atoms with Crippen molar-refractivity contribution in [1.82, 2.24) is 19.2 Å². The molecule has 4 aromatic rings. The van der Waals surface area contributed by atoms with E-state index in [1.165, 1.54) is 15.9 Å². The standard InChI is InChI=1S/C17H12F2N4O5S2/c1-22-14(24)13-11(6-7-29-13)23-12(20-21-17(22)23)8-28-15(25)9-2-4-10(5-3-9)30(26,27)16(18)19/h2-7,16H,8H2,1H3. The van der Waals surface area contributed by atoms with Gasteiger partial charge in [-0.05, 0) is 35.7 Å². The first-order valence-corrected chi connectivity index (χ1v) is 10.7. The number of carbonyl (C=O) groups is 1. The lowest BCUT2D eigenvalue weighted by molar-refractivity contribution is 0.0461. The molecule has 0 radical (unpaired) electrons. The molecule has 0 amide bonds. The molecule has 0 spiro atoms. The molecule has 3 aromatic heterocycles. The maximum Gasteiger partial charge on any atom is 0.341 e. The zero-order valence-electron chi connectivity index (χ0n) is 15.2. The Labute approximate surface area is 171 Å². The van der Waals surface area contributed by atoms with Gasteiger partial charge in [0.05, 0.1) is 16.0 Å². The Kier molecular flexibility index (Phi) is 4.86. The smallest absolute Gasteiger partial charge is 0.341 e. The van der Waals surface area contributed by atoms with Crippen LogP contribution in [0.1, 0.15) is 16.2 Å². The minimum Gasteiger partial charge on any atom is -0.454 e. The van der Waals surface area contributed by atoms with Crippen molar-refractivity contribution in [1.29, 1.82) is 0 Å². The molecule has 1 aromatic carbocycles. The molecular formula is C17H12F2N4O5S2. The van der Waals surface area contributed by atoms with Crippen molar-refractivity contribution in [3.8, 4) is 0 Å². The summed E-state index contributed by atoms with van der Waals surface area (Å²) in [7, 11) is -3.20. The zero-order chi connectivity index (χ0) is 21.6. The van der Waals surface area contributed by atoms with Gasteiger partial charge in [-0.3, -0.25) is 13.8 Å². The van der Waals surface area contributed by atoms with Crippen molar-refractivity contribution >= 4 is 43.1 Å². The molecule has 3 heterocycles. The number of halogens is 2. The van der Waals surface area contributed by atoms with Crippen LogP contribution in [0.5, 0.6) is 0 Å². The van der Waals surface area contributed by atoms with Crippen LogP contribution in [-0.4, -0.2) is 39.3 Å². The lowest BCUT2D eigenvalue weighted by Crippen LogP contribution is -2.19. The number of aromatic nitrogens is 4. The molecule has 0 saturated carbocycles. The number of sulfone groups is 1. The Morgan fingerprint density at radius 3 is 2.57 bits per heavy atom. The van der Waals surface area contributed by atoms with Gasteiger partial charge in [-0.1, -0.05) is 0 Å². The van der Waals surface area contributed by atoms with E-state index in [1.54, 1.807) is 22.9 Å². The fourth-order valence-corrected chi connectivity index (χ4v) is 4.42. The Morgan fingerprint density at radius 1 is 1.20 bits per heavy atom. The molecule has 0 aliphatic rings. The van der Waals surface area contributed by atoms with Gasteiger partial charge in [0.15, 0.2) is 12.4 Å². The molecule has 30 heavy (non-hydrogen) atoms. The molecule has 13 heteroatoms. The normalized spacial score (nSPS) is 12.1. The molecule has 0 atom stereocenters. The molecule has 0 bridgehead atoms. The zero-order valence-corrected chi connectivity index (χ0v) is 16.8. The molecule has 0 N–H and O–H groups in total. The molecule has 9 nitrogen and oxygen atoms in total. The molecule has 0 unspecified atom stereocenters. The highest BCUT2D eigenvalue weighted by molar-refractivity contribution is 7.91. The number of carbonyl (C=O) groups excluding carboxylic acids is 1. The monoisotopic (exact) mass is 454 g/mol. The second-order valence-corrected chi connectivity index (χ2v) is 8.99. The number of hydrogen-bond acceptors (Lipinski definition) is 8.